The van der Waals surface area contributed by atoms with Crippen molar-refractivity contribution in [1.82, 2.24) is 5.32 Å². The molecule has 0 aromatic rings. The van der Waals surface area contributed by atoms with Gasteiger partial charge in [-0.05, 0) is 32.1 Å². The maximum atomic E-state index is 12.5. The van der Waals surface area contributed by atoms with Crippen molar-refractivity contribution in [2.45, 2.75) is 173 Å². The van der Waals surface area contributed by atoms with E-state index in [-0.39, 0.29) is 6.42 Å². The fraction of sp³-hybridized carbons (Fsp3) is 0.800. The Balaban J connectivity index is 4.28. The highest BCUT2D eigenvalue weighted by molar-refractivity contribution is 7.85. The first-order valence-corrected chi connectivity index (χ1v) is 18.9. The molecule has 0 aliphatic heterocycles. The molecule has 252 valence electrons. The van der Waals surface area contributed by atoms with Gasteiger partial charge in [0.15, 0.2) is 0 Å². The maximum absolute atomic E-state index is 12.5. The first-order chi connectivity index (χ1) is 20.7. The molecule has 0 heterocycles. The van der Waals surface area contributed by atoms with E-state index in [1.165, 1.54) is 109 Å². The van der Waals surface area contributed by atoms with Crippen molar-refractivity contribution in [2.75, 3.05) is 5.75 Å². The fourth-order valence-electron chi connectivity index (χ4n) is 4.97. The topological polar surface area (TPSA) is 124 Å². The molecule has 0 saturated heterocycles. The third-order valence-corrected chi connectivity index (χ3v) is 8.46. The van der Waals surface area contributed by atoms with E-state index in [1.807, 2.05) is 6.08 Å². The number of rotatable bonds is 30. The van der Waals surface area contributed by atoms with E-state index >= 15 is 0 Å². The summed E-state index contributed by atoms with van der Waals surface area (Å²) in [6, 6.07) is -1.26. The van der Waals surface area contributed by atoms with Gasteiger partial charge in [0, 0.05) is 6.42 Å². The van der Waals surface area contributed by atoms with Crippen molar-refractivity contribution < 1.29 is 28.0 Å². The molecule has 3 atom stereocenters. The van der Waals surface area contributed by atoms with Gasteiger partial charge in [0.1, 0.15) is 6.10 Å². The lowest BCUT2D eigenvalue weighted by Gasteiger charge is -2.22. The Morgan fingerprint density at radius 2 is 1.09 bits per heavy atom. The molecule has 0 radical (unpaired) electrons. The van der Waals surface area contributed by atoms with Crippen LogP contribution in [0.25, 0.3) is 0 Å². The van der Waals surface area contributed by atoms with Crippen molar-refractivity contribution in [1.29, 1.82) is 0 Å². The SMILES string of the molecule is CCCCCCCC/C=C\C/C=C\CC(O)C(=O)NC(CS(=O)(=O)O)C(O)/C=C/CCCCCCCCCCCCCC. The van der Waals surface area contributed by atoms with Crippen molar-refractivity contribution >= 4 is 16.0 Å². The average molecular weight is 628 g/mol. The third-order valence-electron chi connectivity index (χ3n) is 7.68. The zero-order valence-electron chi connectivity index (χ0n) is 27.4. The van der Waals surface area contributed by atoms with Crippen molar-refractivity contribution in [3.8, 4) is 0 Å². The molecule has 1 amide bonds. The van der Waals surface area contributed by atoms with Crippen molar-refractivity contribution in [2.24, 2.45) is 0 Å². The maximum Gasteiger partial charge on any atom is 0.267 e. The molecule has 0 saturated carbocycles. The second kappa shape index (κ2) is 29.2. The van der Waals surface area contributed by atoms with Crippen LogP contribution in [0.3, 0.4) is 0 Å². The van der Waals surface area contributed by atoms with Gasteiger partial charge in [-0.3, -0.25) is 9.35 Å². The van der Waals surface area contributed by atoms with Gasteiger partial charge in [-0.2, -0.15) is 8.42 Å². The summed E-state index contributed by atoms with van der Waals surface area (Å²) in [5.74, 6) is -1.63. The second-order valence-electron chi connectivity index (χ2n) is 11.9. The predicted molar refractivity (Wildman–Crippen MR) is 181 cm³/mol. The zero-order chi connectivity index (χ0) is 32.0. The molecule has 0 fully saturated rings. The molecule has 3 unspecified atom stereocenters. The molecule has 0 aromatic heterocycles. The fourth-order valence-corrected chi connectivity index (χ4v) is 5.70. The lowest BCUT2D eigenvalue weighted by Crippen LogP contribution is -2.50. The van der Waals surface area contributed by atoms with Crippen LogP contribution in [0, 0.1) is 0 Å². The van der Waals surface area contributed by atoms with Gasteiger partial charge in [-0.25, -0.2) is 0 Å². The summed E-state index contributed by atoms with van der Waals surface area (Å²) >= 11 is 0. The quantitative estimate of drug-likeness (QED) is 0.0360. The molecule has 0 aliphatic carbocycles. The minimum absolute atomic E-state index is 0.0700. The molecule has 0 rings (SSSR count). The number of aliphatic hydroxyl groups excluding tert-OH is 2. The van der Waals surface area contributed by atoms with Gasteiger partial charge in [0.25, 0.3) is 10.1 Å². The number of carbonyl (C=O) groups is 1. The Labute approximate surface area is 264 Å². The third kappa shape index (κ3) is 29.0. The minimum Gasteiger partial charge on any atom is -0.387 e. The highest BCUT2D eigenvalue weighted by Crippen LogP contribution is 2.13. The lowest BCUT2D eigenvalue weighted by atomic mass is 10.0. The predicted octanol–water partition coefficient (Wildman–Crippen LogP) is 8.37. The number of hydrogen-bond acceptors (Lipinski definition) is 5. The van der Waals surface area contributed by atoms with Gasteiger partial charge in [0.05, 0.1) is 17.9 Å². The van der Waals surface area contributed by atoms with Crippen molar-refractivity contribution in [3.05, 3.63) is 36.5 Å². The smallest absolute Gasteiger partial charge is 0.267 e. The molecular weight excluding hydrogens is 562 g/mol. The normalized spacial score (nSPS) is 14.6. The Hall–Kier alpha value is -1.48. The Kier molecular flexibility index (Phi) is 28.2. The molecule has 7 nitrogen and oxygen atoms in total. The molecule has 0 aliphatic rings. The first-order valence-electron chi connectivity index (χ1n) is 17.3. The van der Waals surface area contributed by atoms with Gasteiger partial charge in [0.2, 0.25) is 5.91 Å². The molecule has 0 aromatic carbocycles. The number of nitrogens with one attached hydrogen (secondary N) is 1. The van der Waals surface area contributed by atoms with E-state index in [9.17, 15) is 28.0 Å². The number of carbonyl (C=O) groups excluding carboxylic acids is 1. The van der Waals surface area contributed by atoms with Gasteiger partial charge in [-0.15, -0.1) is 0 Å². The summed E-state index contributed by atoms with van der Waals surface area (Å²) in [5.41, 5.74) is 0. The summed E-state index contributed by atoms with van der Waals surface area (Å²) in [6.07, 6.45) is 33.6. The summed E-state index contributed by atoms with van der Waals surface area (Å²) in [4.78, 5) is 12.5. The molecule has 0 bridgehead atoms. The van der Waals surface area contributed by atoms with E-state index in [0.717, 1.165) is 25.7 Å². The highest BCUT2D eigenvalue weighted by Gasteiger charge is 2.27. The summed E-state index contributed by atoms with van der Waals surface area (Å²) in [7, 11) is -4.45. The van der Waals surface area contributed by atoms with Crippen LogP contribution < -0.4 is 5.32 Å². The zero-order valence-corrected chi connectivity index (χ0v) is 28.3. The first kappa shape index (κ1) is 41.5. The number of hydrogen-bond donors (Lipinski definition) is 4. The Morgan fingerprint density at radius 3 is 1.58 bits per heavy atom. The van der Waals surface area contributed by atoms with E-state index in [0.29, 0.717) is 6.42 Å². The van der Waals surface area contributed by atoms with Gasteiger partial charge >= 0.3 is 0 Å². The highest BCUT2D eigenvalue weighted by atomic mass is 32.2. The number of aliphatic hydroxyl groups is 2. The van der Waals surface area contributed by atoms with Crippen LogP contribution in [0.1, 0.15) is 155 Å². The molecule has 43 heavy (non-hydrogen) atoms. The number of amides is 1. The van der Waals surface area contributed by atoms with Gasteiger partial charge < -0.3 is 15.5 Å². The van der Waals surface area contributed by atoms with E-state index < -0.39 is 40.0 Å². The van der Waals surface area contributed by atoms with Crippen molar-refractivity contribution in [3.63, 3.8) is 0 Å². The van der Waals surface area contributed by atoms with Crippen LogP contribution in [0.2, 0.25) is 0 Å². The number of unbranched alkanes of at least 4 members (excludes halogenated alkanes) is 18. The van der Waals surface area contributed by atoms with Crippen LogP contribution >= 0.6 is 0 Å². The lowest BCUT2D eigenvalue weighted by molar-refractivity contribution is -0.130. The van der Waals surface area contributed by atoms with E-state index in [1.54, 1.807) is 12.2 Å². The summed E-state index contributed by atoms with van der Waals surface area (Å²) in [6.45, 7) is 4.45. The van der Waals surface area contributed by atoms with E-state index in [4.69, 9.17) is 0 Å². The monoisotopic (exact) mass is 627 g/mol. The van der Waals surface area contributed by atoms with Crippen LogP contribution in [0.5, 0.6) is 0 Å². The van der Waals surface area contributed by atoms with E-state index in [2.05, 4.69) is 31.3 Å². The van der Waals surface area contributed by atoms with Crippen LogP contribution in [0.15, 0.2) is 36.5 Å². The van der Waals surface area contributed by atoms with Crippen LogP contribution in [-0.4, -0.2) is 53.1 Å². The minimum atomic E-state index is -4.45. The second-order valence-corrected chi connectivity index (χ2v) is 13.4. The molecule has 0 spiro atoms. The standard InChI is InChI=1S/C35H65NO6S/c1-3-5-7-9-11-13-15-17-18-20-21-23-25-27-29-33(37)32(31-43(40,41)42)36-35(39)34(38)30-28-26-24-22-19-16-14-12-10-8-6-4-2/h19,22,26-29,32-34,37-38H,3-18,20-21,23-25,30-31H2,1-2H3,(H,36,39)(H,40,41,42)/b22-19-,28-26-,29-27+. The van der Waals surface area contributed by atoms with Crippen LogP contribution in [-0.2, 0) is 14.9 Å². The Bertz CT molecular complexity index is 839. The molecular formula is C35H65NO6S. The summed E-state index contributed by atoms with van der Waals surface area (Å²) in [5, 5.41) is 23.1. The molecule has 4 N–H and O–H groups in total. The molecule has 8 heteroatoms. The van der Waals surface area contributed by atoms with Gasteiger partial charge in [-0.1, -0.05) is 153 Å². The summed E-state index contributed by atoms with van der Waals surface area (Å²) < 4.78 is 32.3. The van der Waals surface area contributed by atoms with Crippen LogP contribution in [0.4, 0.5) is 0 Å². The number of allylic oxidation sites excluding steroid dienone is 4. The Morgan fingerprint density at radius 1 is 0.651 bits per heavy atom. The average Bonchev–Trinajstić information content (AvgIpc) is 2.96. The largest absolute Gasteiger partial charge is 0.387 e.